The summed E-state index contributed by atoms with van der Waals surface area (Å²) in [6, 6.07) is 5.53. The van der Waals surface area contributed by atoms with Gasteiger partial charge in [-0.25, -0.2) is 9.97 Å². The number of benzene rings is 1. The third-order valence-electron chi connectivity index (χ3n) is 4.11. The Morgan fingerprint density at radius 3 is 2.74 bits per heavy atom. The predicted molar refractivity (Wildman–Crippen MR) is 98.5 cm³/mol. The zero-order chi connectivity index (χ0) is 16.0. The highest BCUT2D eigenvalue weighted by molar-refractivity contribution is 7.19. The Morgan fingerprint density at radius 1 is 1.09 bits per heavy atom. The number of aromatic nitrogens is 2. The van der Waals surface area contributed by atoms with Gasteiger partial charge in [-0.15, -0.1) is 11.3 Å². The molecule has 23 heavy (non-hydrogen) atoms. The van der Waals surface area contributed by atoms with E-state index in [0.717, 1.165) is 35.0 Å². The van der Waals surface area contributed by atoms with Crippen LogP contribution in [0.25, 0.3) is 10.2 Å². The van der Waals surface area contributed by atoms with Crippen molar-refractivity contribution in [3.8, 4) is 0 Å². The number of nitrogens with zero attached hydrogens (tertiary/aromatic N) is 2. The van der Waals surface area contributed by atoms with Gasteiger partial charge in [0.2, 0.25) is 0 Å². The van der Waals surface area contributed by atoms with Gasteiger partial charge in [0.1, 0.15) is 16.5 Å². The number of hydrogen-bond donors (Lipinski definition) is 1. The van der Waals surface area contributed by atoms with Gasteiger partial charge < -0.3 is 5.32 Å². The molecule has 2 aromatic heterocycles. The van der Waals surface area contributed by atoms with Gasteiger partial charge in [-0.3, -0.25) is 0 Å². The maximum Gasteiger partial charge on any atom is 0.143 e. The maximum atomic E-state index is 6.12. The SMILES string of the molecule is Cc1nc(Nc2ccc(Cl)c(Cl)c2)c2c3c(sc2n1)CCCC3. The van der Waals surface area contributed by atoms with E-state index in [4.69, 9.17) is 23.2 Å². The van der Waals surface area contributed by atoms with Crippen molar-refractivity contribution >= 4 is 56.3 Å². The van der Waals surface area contributed by atoms with Gasteiger partial charge in [0, 0.05) is 10.6 Å². The summed E-state index contributed by atoms with van der Waals surface area (Å²) in [6.07, 6.45) is 4.76. The van der Waals surface area contributed by atoms with Gasteiger partial charge in [0.15, 0.2) is 0 Å². The molecular formula is C17H15Cl2N3S. The molecule has 0 saturated heterocycles. The van der Waals surface area contributed by atoms with Crippen molar-refractivity contribution in [2.75, 3.05) is 5.32 Å². The normalized spacial score (nSPS) is 14.0. The third-order valence-corrected chi connectivity index (χ3v) is 6.03. The van der Waals surface area contributed by atoms with E-state index in [2.05, 4.69) is 15.3 Å². The molecule has 1 aliphatic carbocycles. The Hall–Kier alpha value is -1.36. The van der Waals surface area contributed by atoms with Crippen LogP contribution in [0.4, 0.5) is 11.5 Å². The molecule has 0 spiro atoms. The fraction of sp³-hybridized carbons (Fsp3) is 0.294. The second kappa shape index (κ2) is 5.93. The van der Waals surface area contributed by atoms with Gasteiger partial charge in [0.25, 0.3) is 0 Å². The number of nitrogens with one attached hydrogen (secondary N) is 1. The first-order chi connectivity index (χ1) is 11.1. The number of aryl methyl sites for hydroxylation is 3. The Bertz CT molecular complexity index is 904. The van der Waals surface area contributed by atoms with Crippen LogP contribution in [-0.4, -0.2) is 9.97 Å². The van der Waals surface area contributed by atoms with Crippen molar-refractivity contribution in [3.63, 3.8) is 0 Å². The van der Waals surface area contributed by atoms with Gasteiger partial charge in [0.05, 0.1) is 15.4 Å². The summed E-state index contributed by atoms with van der Waals surface area (Å²) in [4.78, 5) is 11.8. The zero-order valence-electron chi connectivity index (χ0n) is 12.6. The monoisotopic (exact) mass is 363 g/mol. The van der Waals surface area contributed by atoms with E-state index in [0.29, 0.717) is 10.0 Å². The number of anilines is 2. The second-order valence-corrected chi connectivity index (χ2v) is 7.66. The molecule has 0 fully saturated rings. The van der Waals surface area contributed by atoms with Crippen molar-refractivity contribution < 1.29 is 0 Å². The standard InChI is InChI=1S/C17H15Cl2N3S/c1-9-20-16(22-10-6-7-12(18)13(19)8-10)15-11-4-2-3-5-14(11)23-17(15)21-9/h6-8H,2-5H2,1H3,(H,20,21,22). The summed E-state index contributed by atoms with van der Waals surface area (Å²) in [6.45, 7) is 1.93. The Morgan fingerprint density at radius 2 is 1.91 bits per heavy atom. The lowest BCUT2D eigenvalue weighted by molar-refractivity contribution is 0.700. The molecule has 3 nitrogen and oxygen atoms in total. The van der Waals surface area contributed by atoms with Gasteiger partial charge in [-0.1, -0.05) is 23.2 Å². The molecule has 118 valence electrons. The van der Waals surface area contributed by atoms with Crippen molar-refractivity contribution in [2.24, 2.45) is 0 Å². The van der Waals surface area contributed by atoms with Crippen molar-refractivity contribution in [1.29, 1.82) is 0 Å². The highest BCUT2D eigenvalue weighted by Gasteiger charge is 2.20. The molecule has 0 saturated carbocycles. The van der Waals surface area contributed by atoms with Gasteiger partial charge >= 0.3 is 0 Å². The Kier molecular flexibility index (Phi) is 3.92. The molecule has 0 radical (unpaired) electrons. The van der Waals surface area contributed by atoms with E-state index in [9.17, 15) is 0 Å². The number of halogens is 2. The minimum absolute atomic E-state index is 0.533. The third kappa shape index (κ3) is 2.80. The van der Waals surface area contributed by atoms with Crippen LogP contribution in [0.5, 0.6) is 0 Å². The average molecular weight is 364 g/mol. The lowest BCUT2D eigenvalue weighted by Gasteiger charge is -2.13. The zero-order valence-corrected chi connectivity index (χ0v) is 14.9. The molecule has 1 aromatic carbocycles. The van der Waals surface area contributed by atoms with Crippen molar-refractivity contribution in [1.82, 2.24) is 9.97 Å². The summed E-state index contributed by atoms with van der Waals surface area (Å²) in [5, 5.41) is 5.66. The van der Waals surface area contributed by atoms with Crippen LogP contribution < -0.4 is 5.32 Å². The number of fused-ring (bicyclic) bond motifs is 3. The van der Waals surface area contributed by atoms with Gasteiger partial charge in [-0.2, -0.15) is 0 Å². The van der Waals surface area contributed by atoms with Crippen LogP contribution in [-0.2, 0) is 12.8 Å². The van der Waals surface area contributed by atoms with E-state index in [1.165, 1.54) is 28.7 Å². The van der Waals surface area contributed by atoms with Crippen molar-refractivity contribution in [3.05, 3.63) is 44.5 Å². The fourth-order valence-electron chi connectivity index (χ4n) is 3.07. The maximum absolute atomic E-state index is 6.12. The Labute approximate surface area is 148 Å². The first kappa shape index (κ1) is 15.2. The molecule has 1 N–H and O–H groups in total. The molecule has 0 unspecified atom stereocenters. The lowest BCUT2D eigenvalue weighted by atomic mass is 9.97. The molecule has 2 heterocycles. The van der Waals surface area contributed by atoms with Crippen LogP contribution in [0.2, 0.25) is 10.0 Å². The first-order valence-electron chi connectivity index (χ1n) is 7.63. The van der Waals surface area contributed by atoms with E-state index in [-0.39, 0.29) is 0 Å². The van der Waals surface area contributed by atoms with E-state index < -0.39 is 0 Å². The second-order valence-electron chi connectivity index (χ2n) is 5.76. The predicted octanol–water partition coefficient (Wildman–Crippen LogP) is 5.93. The van der Waals surface area contributed by atoms with Crippen LogP contribution in [0.15, 0.2) is 18.2 Å². The number of hydrogen-bond acceptors (Lipinski definition) is 4. The number of thiophene rings is 1. The molecule has 0 atom stereocenters. The molecule has 1 aliphatic rings. The van der Waals surface area contributed by atoms with Crippen LogP contribution >= 0.6 is 34.5 Å². The lowest BCUT2D eigenvalue weighted by Crippen LogP contribution is -2.02. The fourth-order valence-corrected chi connectivity index (χ4v) is 4.67. The molecule has 6 heteroatoms. The summed E-state index contributed by atoms with van der Waals surface area (Å²) < 4.78 is 0. The molecule has 0 amide bonds. The topological polar surface area (TPSA) is 37.8 Å². The highest BCUT2D eigenvalue weighted by atomic mass is 35.5. The molecule has 0 bridgehead atoms. The summed E-state index contributed by atoms with van der Waals surface area (Å²) in [5.74, 6) is 1.64. The average Bonchev–Trinajstić information content (AvgIpc) is 2.89. The van der Waals surface area contributed by atoms with Crippen molar-refractivity contribution in [2.45, 2.75) is 32.6 Å². The molecule has 4 rings (SSSR count). The minimum atomic E-state index is 0.533. The highest BCUT2D eigenvalue weighted by Crippen LogP contribution is 2.39. The molecule has 0 aliphatic heterocycles. The van der Waals surface area contributed by atoms with E-state index >= 15 is 0 Å². The summed E-state index contributed by atoms with van der Waals surface area (Å²) in [7, 11) is 0. The first-order valence-corrected chi connectivity index (χ1v) is 9.20. The Balaban J connectivity index is 1.85. The van der Waals surface area contributed by atoms with Crippen LogP contribution in [0, 0.1) is 6.92 Å². The number of rotatable bonds is 2. The smallest absolute Gasteiger partial charge is 0.143 e. The summed E-state index contributed by atoms with van der Waals surface area (Å²) >= 11 is 13.9. The van der Waals surface area contributed by atoms with E-state index in [1.807, 2.05) is 19.1 Å². The molecule has 3 aromatic rings. The minimum Gasteiger partial charge on any atom is -0.340 e. The van der Waals surface area contributed by atoms with Crippen LogP contribution in [0.1, 0.15) is 29.1 Å². The largest absolute Gasteiger partial charge is 0.340 e. The quantitative estimate of drug-likeness (QED) is 0.612. The van der Waals surface area contributed by atoms with Gasteiger partial charge in [-0.05, 0) is 56.4 Å². The molecular weight excluding hydrogens is 349 g/mol. The summed E-state index contributed by atoms with van der Waals surface area (Å²) in [5.41, 5.74) is 2.30. The van der Waals surface area contributed by atoms with Crippen LogP contribution in [0.3, 0.4) is 0 Å². The van der Waals surface area contributed by atoms with E-state index in [1.54, 1.807) is 17.4 Å².